The van der Waals surface area contributed by atoms with Crippen molar-refractivity contribution in [3.8, 4) is 5.69 Å². The number of tetrazole rings is 1. The molecule has 6 nitrogen and oxygen atoms in total. The minimum Gasteiger partial charge on any atom is -0.325 e. The predicted molar refractivity (Wildman–Crippen MR) is 113 cm³/mol. The van der Waals surface area contributed by atoms with Crippen LogP contribution in [0.2, 0.25) is 0 Å². The van der Waals surface area contributed by atoms with Crippen LogP contribution in [-0.4, -0.2) is 31.4 Å². The number of thioether (sulfide) groups is 1. The summed E-state index contributed by atoms with van der Waals surface area (Å²) in [5.41, 5.74) is 3.99. The summed E-state index contributed by atoms with van der Waals surface area (Å²) in [5, 5.41) is 15.3. The maximum Gasteiger partial charge on any atom is 0.237 e. The largest absolute Gasteiger partial charge is 0.325 e. The normalized spacial score (nSPS) is 13.1. The Labute approximate surface area is 169 Å². The minimum absolute atomic E-state index is 0.0694. The van der Waals surface area contributed by atoms with Gasteiger partial charge in [-0.2, -0.15) is 4.68 Å². The molecule has 0 saturated heterocycles. The van der Waals surface area contributed by atoms with Gasteiger partial charge in [-0.25, -0.2) is 0 Å². The summed E-state index contributed by atoms with van der Waals surface area (Å²) in [6.45, 7) is 8.18. The summed E-state index contributed by atoms with van der Waals surface area (Å²) in [7, 11) is 0. The van der Waals surface area contributed by atoms with Crippen LogP contribution in [0.4, 0.5) is 5.69 Å². The Bertz CT molecular complexity index is 955. The number of benzene rings is 2. The fraction of sp³-hybridized carbons (Fsp3) is 0.333. The van der Waals surface area contributed by atoms with Gasteiger partial charge in [0.05, 0.1) is 10.9 Å². The summed E-state index contributed by atoms with van der Waals surface area (Å²) in [5.74, 6) is 0.313. The molecule has 3 aromatic rings. The lowest BCUT2D eigenvalue weighted by atomic mass is 9.97. The number of carbonyl (C=O) groups is 1. The van der Waals surface area contributed by atoms with Gasteiger partial charge < -0.3 is 5.32 Å². The Morgan fingerprint density at radius 1 is 1.14 bits per heavy atom. The Morgan fingerprint density at radius 3 is 2.61 bits per heavy atom. The van der Waals surface area contributed by atoms with E-state index in [0.717, 1.165) is 28.9 Å². The molecule has 1 heterocycles. The number of para-hydroxylation sites is 2. The highest BCUT2D eigenvalue weighted by Gasteiger charge is 2.21. The van der Waals surface area contributed by atoms with E-state index < -0.39 is 0 Å². The number of rotatable bonds is 7. The van der Waals surface area contributed by atoms with E-state index in [4.69, 9.17) is 0 Å². The molecule has 0 aliphatic carbocycles. The monoisotopic (exact) mass is 395 g/mol. The van der Waals surface area contributed by atoms with Gasteiger partial charge in [0.1, 0.15) is 0 Å². The van der Waals surface area contributed by atoms with Gasteiger partial charge in [-0.15, -0.1) is 5.10 Å². The SMILES string of the molecule is CC[C@H](C)c1ccccc1NC(=O)[C@@H](C)Sc1nnnn1-c1ccccc1C. The average molecular weight is 396 g/mol. The second-order valence-electron chi connectivity index (χ2n) is 6.81. The maximum atomic E-state index is 12.8. The molecule has 0 unspecified atom stereocenters. The molecule has 0 aliphatic heterocycles. The molecule has 2 atom stereocenters. The first-order valence-corrected chi connectivity index (χ1v) is 10.3. The van der Waals surface area contributed by atoms with Crippen molar-refractivity contribution in [2.45, 2.75) is 50.4 Å². The Morgan fingerprint density at radius 2 is 1.86 bits per heavy atom. The lowest BCUT2D eigenvalue weighted by Crippen LogP contribution is -2.23. The number of aryl methyl sites for hydroxylation is 1. The maximum absolute atomic E-state index is 12.8. The van der Waals surface area contributed by atoms with E-state index in [1.54, 1.807) is 4.68 Å². The molecule has 0 bridgehead atoms. The summed E-state index contributed by atoms with van der Waals surface area (Å²) in [4.78, 5) is 12.8. The number of aromatic nitrogens is 4. The van der Waals surface area contributed by atoms with E-state index in [0.29, 0.717) is 11.1 Å². The number of anilines is 1. The van der Waals surface area contributed by atoms with Crippen molar-refractivity contribution in [1.29, 1.82) is 0 Å². The first-order valence-electron chi connectivity index (χ1n) is 9.42. The molecular formula is C21H25N5OS. The van der Waals surface area contributed by atoms with Crippen LogP contribution in [0, 0.1) is 6.92 Å². The molecular weight excluding hydrogens is 370 g/mol. The van der Waals surface area contributed by atoms with Crippen LogP contribution in [0.1, 0.15) is 44.2 Å². The van der Waals surface area contributed by atoms with E-state index in [2.05, 4.69) is 40.8 Å². The molecule has 1 amide bonds. The highest BCUT2D eigenvalue weighted by atomic mass is 32.2. The van der Waals surface area contributed by atoms with Gasteiger partial charge in [-0.1, -0.05) is 62.0 Å². The van der Waals surface area contributed by atoms with Gasteiger partial charge in [0, 0.05) is 5.69 Å². The van der Waals surface area contributed by atoms with Crippen molar-refractivity contribution in [2.75, 3.05) is 5.32 Å². The Hall–Kier alpha value is -2.67. The van der Waals surface area contributed by atoms with Gasteiger partial charge in [0.2, 0.25) is 11.1 Å². The van der Waals surface area contributed by atoms with Gasteiger partial charge in [-0.3, -0.25) is 4.79 Å². The van der Waals surface area contributed by atoms with Crippen molar-refractivity contribution >= 4 is 23.4 Å². The molecule has 7 heteroatoms. The Balaban J connectivity index is 1.75. The van der Waals surface area contributed by atoms with E-state index >= 15 is 0 Å². The third-order valence-corrected chi connectivity index (χ3v) is 5.83. The van der Waals surface area contributed by atoms with Crippen molar-refractivity contribution in [3.63, 3.8) is 0 Å². The van der Waals surface area contributed by atoms with Crippen LogP contribution in [-0.2, 0) is 4.79 Å². The summed E-state index contributed by atoms with van der Waals surface area (Å²) < 4.78 is 1.68. The van der Waals surface area contributed by atoms with Crippen molar-refractivity contribution in [3.05, 3.63) is 59.7 Å². The lowest BCUT2D eigenvalue weighted by molar-refractivity contribution is -0.115. The second-order valence-corrected chi connectivity index (χ2v) is 8.11. The number of amides is 1. The number of hydrogen-bond donors (Lipinski definition) is 1. The third-order valence-electron chi connectivity index (χ3n) is 4.80. The van der Waals surface area contributed by atoms with Crippen LogP contribution in [0.3, 0.4) is 0 Å². The highest BCUT2D eigenvalue weighted by molar-refractivity contribution is 8.00. The van der Waals surface area contributed by atoms with Crippen LogP contribution in [0.15, 0.2) is 53.7 Å². The molecule has 3 rings (SSSR count). The summed E-state index contributed by atoms with van der Waals surface area (Å²) in [6, 6.07) is 15.9. The second kappa shape index (κ2) is 9.01. The molecule has 0 spiro atoms. The van der Waals surface area contributed by atoms with Gasteiger partial charge in [0.25, 0.3) is 0 Å². The van der Waals surface area contributed by atoms with Crippen LogP contribution in [0.5, 0.6) is 0 Å². The molecule has 0 radical (unpaired) electrons. The van der Waals surface area contributed by atoms with Crippen molar-refractivity contribution in [2.24, 2.45) is 0 Å². The fourth-order valence-electron chi connectivity index (χ4n) is 2.91. The van der Waals surface area contributed by atoms with E-state index in [1.165, 1.54) is 11.8 Å². The minimum atomic E-state index is -0.348. The number of carbonyl (C=O) groups excluding carboxylic acids is 1. The molecule has 0 fully saturated rings. The molecule has 28 heavy (non-hydrogen) atoms. The number of hydrogen-bond acceptors (Lipinski definition) is 5. The smallest absolute Gasteiger partial charge is 0.237 e. The number of nitrogens with zero attached hydrogens (tertiary/aromatic N) is 4. The summed E-state index contributed by atoms with van der Waals surface area (Å²) >= 11 is 1.34. The average Bonchev–Trinajstić information content (AvgIpc) is 3.16. The molecule has 1 aromatic heterocycles. The van der Waals surface area contributed by atoms with Crippen LogP contribution in [0.25, 0.3) is 5.69 Å². The topological polar surface area (TPSA) is 72.7 Å². The van der Waals surface area contributed by atoms with E-state index in [-0.39, 0.29) is 11.2 Å². The van der Waals surface area contributed by atoms with E-state index in [9.17, 15) is 4.79 Å². The van der Waals surface area contributed by atoms with Gasteiger partial charge in [-0.05, 0) is 59.9 Å². The highest BCUT2D eigenvalue weighted by Crippen LogP contribution is 2.29. The Kier molecular flexibility index (Phi) is 6.46. The van der Waals surface area contributed by atoms with Gasteiger partial charge >= 0.3 is 0 Å². The van der Waals surface area contributed by atoms with Crippen molar-refractivity contribution in [1.82, 2.24) is 20.2 Å². The molecule has 0 aliphatic rings. The first-order chi connectivity index (χ1) is 13.5. The standard InChI is InChI=1S/C21H25N5OS/c1-5-14(2)17-11-7-8-12-18(17)22-20(27)16(4)28-21-23-24-25-26(21)19-13-9-6-10-15(19)3/h6-14,16H,5H2,1-4H3,(H,22,27)/t14-,16+/m0/s1. The molecule has 146 valence electrons. The first kappa shape index (κ1) is 20.1. The quantitative estimate of drug-likeness (QED) is 0.592. The molecule has 1 N–H and O–H groups in total. The third kappa shape index (κ3) is 4.42. The zero-order valence-corrected chi connectivity index (χ0v) is 17.4. The van der Waals surface area contributed by atoms with E-state index in [1.807, 2.05) is 56.3 Å². The zero-order chi connectivity index (χ0) is 20.1. The fourth-order valence-corrected chi connectivity index (χ4v) is 3.71. The summed E-state index contributed by atoms with van der Waals surface area (Å²) in [6.07, 6.45) is 1.02. The predicted octanol–water partition coefficient (Wildman–Crippen LogP) is 4.60. The lowest BCUT2D eigenvalue weighted by Gasteiger charge is -2.17. The molecule has 2 aromatic carbocycles. The van der Waals surface area contributed by atoms with Gasteiger partial charge in [0.15, 0.2) is 0 Å². The van der Waals surface area contributed by atoms with Crippen LogP contribution < -0.4 is 5.32 Å². The zero-order valence-electron chi connectivity index (χ0n) is 16.6. The van der Waals surface area contributed by atoms with Crippen LogP contribution >= 0.6 is 11.8 Å². The number of nitrogens with one attached hydrogen (secondary N) is 1. The molecule has 0 saturated carbocycles. The van der Waals surface area contributed by atoms with Crippen molar-refractivity contribution < 1.29 is 4.79 Å².